The van der Waals surface area contributed by atoms with Gasteiger partial charge in [-0.1, -0.05) is 23.4 Å². The van der Waals surface area contributed by atoms with Crippen LogP contribution in [0.15, 0.2) is 18.2 Å². The molecule has 128 valence electrons. The van der Waals surface area contributed by atoms with Crippen LogP contribution in [-0.4, -0.2) is 57.8 Å². The number of morpholine rings is 1. The number of tetrazole rings is 1. The molecule has 0 aliphatic carbocycles. The van der Waals surface area contributed by atoms with E-state index < -0.39 is 0 Å². The highest BCUT2D eigenvalue weighted by atomic mass is 16.5. The highest BCUT2D eigenvalue weighted by Crippen LogP contribution is 2.24. The zero-order valence-electron chi connectivity index (χ0n) is 13.9. The van der Waals surface area contributed by atoms with Gasteiger partial charge in [0.25, 0.3) is 0 Å². The lowest BCUT2D eigenvalue weighted by molar-refractivity contribution is -0.141. The fraction of sp³-hybridized carbons (Fsp3) is 0.500. The highest BCUT2D eigenvalue weighted by Gasteiger charge is 2.31. The number of rotatable bonds is 5. The molecule has 24 heavy (non-hydrogen) atoms. The first-order chi connectivity index (χ1) is 11.7. The molecule has 0 saturated carbocycles. The highest BCUT2D eigenvalue weighted by molar-refractivity contribution is 5.76. The fourth-order valence-corrected chi connectivity index (χ4v) is 2.84. The van der Waals surface area contributed by atoms with E-state index in [0.29, 0.717) is 38.6 Å². The van der Waals surface area contributed by atoms with Crippen LogP contribution in [0.3, 0.4) is 0 Å². The van der Waals surface area contributed by atoms with Crippen LogP contribution in [-0.2, 0) is 9.53 Å². The smallest absolute Gasteiger partial charge is 0.226 e. The Morgan fingerprint density at radius 1 is 1.42 bits per heavy atom. The number of carbonyl (C=O) groups excluding carboxylic acids is 1. The summed E-state index contributed by atoms with van der Waals surface area (Å²) in [6.07, 6.45) is 0.294. The van der Waals surface area contributed by atoms with Gasteiger partial charge >= 0.3 is 0 Å². The van der Waals surface area contributed by atoms with Gasteiger partial charge in [0.05, 0.1) is 26.2 Å². The van der Waals surface area contributed by atoms with Crippen LogP contribution < -0.4 is 4.74 Å². The number of hydrogen-bond donors (Lipinski definition) is 1. The summed E-state index contributed by atoms with van der Waals surface area (Å²) in [7, 11) is 0. The number of benzene rings is 1. The summed E-state index contributed by atoms with van der Waals surface area (Å²) in [6.45, 7) is 5.74. The van der Waals surface area contributed by atoms with Gasteiger partial charge in [-0.2, -0.15) is 5.21 Å². The van der Waals surface area contributed by atoms with Gasteiger partial charge in [-0.25, -0.2) is 0 Å². The first kappa shape index (κ1) is 16.4. The second-order valence-electron chi connectivity index (χ2n) is 5.77. The van der Waals surface area contributed by atoms with Crippen LogP contribution in [0.25, 0.3) is 0 Å². The number of nitrogens with one attached hydrogen (secondary N) is 1. The third-order valence-electron chi connectivity index (χ3n) is 4.08. The molecule has 1 saturated heterocycles. The fourth-order valence-electron chi connectivity index (χ4n) is 2.84. The third-order valence-corrected chi connectivity index (χ3v) is 4.08. The average Bonchev–Trinajstić information content (AvgIpc) is 3.12. The Balaban J connectivity index is 1.59. The molecular weight excluding hydrogens is 310 g/mol. The molecule has 1 aromatic heterocycles. The molecule has 2 aromatic rings. The Morgan fingerprint density at radius 2 is 2.21 bits per heavy atom. The van der Waals surface area contributed by atoms with E-state index in [9.17, 15) is 4.79 Å². The van der Waals surface area contributed by atoms with Gasteiger partial charge in [0.2, 0.25) is 5.91 Å². The largest absolute Gasteiger partial charge is 0.493 e. The van der Waals surface area contributed by atoms with Crippen LogP contribution in [0.1, 0.15) is 29.4 Å². The molecule has 1 aliphatic heterocycles. The van der Waals surface area contributed by atoms with E-state index >= 15 is 0 Å². The van der Waals surface area contributed by atoms with Crippen LogP contribution >= 0.6 is 0 Å². The van der Waals surface area contributed by atoms with Crippen molar-refractivity contribution in [2.24, 2.45) is 0 Å². The number of aromatic nitrogens is 4. The molecule has 1 atom stereocenters. The molecule has 8 nitrogen and oxygen atoms in total. The van der Waals surface area contributed by atoms with Gasteiger partial charge in [0.15, 0.2) is 5.82 Å². The van der Waals surface area contributed by atoms with E-state index in [4.69, 9.17) is 9.47 Å². The van der Waals surface area contributed by atoms with Crippen molar-refractivity contribution < 1.29 is 14.3 Å². The average molecular weight is 331 g/mol. The van der Waals surface area contributed by atoms with Crippen molar-refractivity contribution in [3.8, 4) is 5.75 Å². The summed E-state index contributed by atoms with van der Waals surface area (Å²) in [5.41, 5.74) is 2.14. The van der Waals surface area contributed by atoms with Crippen molar-refractivity contribution in [2.75, 3.05) is 26.4 Å². The molecule has 1 aliphatic rings. The van der Waals surface area contributed by atoms with Gasteiger partial charge in [-0.3, -0.25) is 4.79 Å². The minimum Gasteiger partial charge on any atom is -0.493 e. The van der Waals surface area contributed by atoms with Crippen LogP contribution in [0, 0.1) is 13.8 Å². The standard InChI is InChI=1S/C16H21N5O3/c1-11-4-3-5-12(2)15(11)24-8-6-14(22)21-7-9-23-10-13(21)16-17-19-20-18-16/h3-5,13H,6-10H2,1-2H3,(H,17,18,19,20). The number of aromatic amines is 1. The number of ether oxygens (including phenoxy) is 2. The molecule has 1 N–H and O–H groups in total. The lowest BCUT2D eigenvalue weighted by Gasteiger charge is -2.33. The van der Waals surface area contributed by atoms with Crippen molar-refractivity contribution in [3.63, 3.8) is 0 Å². The summed E-state index contributed by atoms with van der Waals surface area (Å²) >= 11 is 0. The number of aryl methyl sites for hydroxylation is 2. The minimum absolute atomic E-state index is 0.000614. The van der Waals surface area contributed by atoms with Crippen molar-refractivity contribution in [2.45, 2.75) is 26.3 Å². The van der Waals surface area contributed by atoms with E-state index in [1.54, 1.807) is 4.90 Å². The summed E-state index contributed by atoms with van der Waals surface area (Å²) in [6, 6.07) is 5.69. The normalized spacial score (nSPS) is 17.8. The number of para-hydroxylation sites is 1. The lowest BCUT2D eigenvalue weighted by atomic mass is 10.1. The summed E-state index contributed by atoms with van der Waals surface area (Å²) < 4.78 is 11.3. The SMILES string of the molecule is Cc1cccc(C)c1OCCC(=O)N1CCOCC1c1nn[nH]n1. The number of amides is 1. The van der Waals surface area contributed by atoms with Gasteiger partial charge in [0.1, 0.15) is 11.8 Å². The second kappa shape index (κ2) is 7.39. The molecule has 8 heteroatoms. The zero-order valence-corrected chi connectivity index (χ0v) is 13.9. The summed E-state index contributed by atoms with van der Waals surface area (Å²) in [5.74, 6) is 1.32. The van der Waals surface area contributed by atoms with Crippen molar-refractivity contribution in [1.29, 1.82) is 0 Å². The Kier molecular flexibility index (Phi) is 5.05. The first-order valence-electron chi connectivity index (χ1n) is 7.96. The van der Waals surface area contributed by atoms with Gasteiger partial charge in [-0.05, 0) is 25.0 Å². The first-order valence-corrected chi connectivity index (χ1v) is 7.96. The Morgan fingerprint density at radius 3 is 2.92 bits per heavy atom. The Labute approximate surface area is 140 Å². The van der Waals surface area contributed by atoms with E-state index in [1.165, 1.54) is 0 Å². The molecule has 1 fully saturated rings. The van der Waals surface area contributed by atoms with E-state index in [1.807, 2.05) is 32.0 Å². The van der Waals surface area contributed by atoms with Crippen molar-refractivity contribution in [3.05, 3.63) is 35.2 Å². The second-order valence-corrected chi connectivity index (χ2v) is 5.77. The number of hydrogen-bond acceptors (Lipinski definition) is 6. The lowest BCUT2D eigenvalue weighted by Crippen LogP contribution is -2.44. The summed E-state index contributed by atoms with van der Waals surface area (Å²) in [5, 5.41) is 13.9. The molecule has 0 bridgehead atoms. The van der Waals surface area contributed by atoms with Crippen molar-refractivity contribution >= 4 is 5.91 Å². The van der Waals surface area contributed by atoms with Gasteiger partial charge in [-0.15, -0.1) is 10.2 Å². The van der Waals surface area contributed by atoms with Gasteiger partial charge < -0.3 is 14.4 Å². The van der Waals surface area contributed by atoms with Crippen LogP contribution in [0.2, 0.25) is 0 Å². The molecule has 3 rings (SSSR count). The maximum absolute atomic E-state index is 12.6. The van der Waals surface area contributed by atoms with Crippen LogP contribution in [0.4, 0.5) is 0 Å². The predicted octanol–water partition coefficient (Wildman–Crippen LogP) is 1.19. The van der Waals surface area contributed by atoms with E-state index in [0.717, 1.165) is 16.9 Å². The van der Waals surface area contributed by atoms with E-state index in [2.05, 4.69) is 20.6 Å². The number of carbonyl (C=O) groups is 1. The quantitative estimate of drug-likeness (QED) is 0.884. The van der Waals surface area contributed by atoms with Crippen molar-refractivity contribution in [1.82, 2.24) is 25.5 Å². The molecule has 1 unspecified atom stereocenters. The third kappa shape index (κ3) is 3.53. The maximum atomic E-state index is 12.6. The number of nitrogens with zero attached hydrogens (tertiary/aromatic N) is 4. The Hall–Kier alpha value is -2.48. The van der Waals surface area contributed by atoms with Crippen LogP contribution in [0.5, 0.6) is 5.75 Å². The molecule has 0 radical (unpaired) electrons. The molecular formula is C16H21N5O3. The molecule has 0 spiro atoms. The monoisotopic (exact) mass is 331 g/mol. The van der Waals surface area contributed by atoms with E-state index in [-0.39, 0.29) is 11.9 Å². The Bertz CT molecular complexity index is 669. The topological polar surface area (TPSA) is 93.2 Å². The molecule has 1 aromatic carbocycles. The summed E-state index contributed by atoms with van der Waals surface area (Å²) in [4.78, 5) is 14.3. The predicted molar refractivity (Wildman–Crippen MR) is 85.5 cm³/mol. The number of H-pyrrole nitrogens is 1. The van der Waals surface area contributed by atoms with Gasteiger partial charge in [0, 0.05) is 6.54 Å². The molecule has 1 amide bonds. The maximum Gasteiger partial charge on any atom is 0.226 e. The molecule has 2 heterocycles. The minimum atomic E-state index is -0.301. The zero-order chi connectivity index (χ0) is 16.9.